The van der Waals surface area contributed by atoms with Crippen LogP contribution < -0.4 is 10.6 Å². The first-order valence-corrected chi connectivity index (χ1v) is 4.89. The quantitative estimate of drug-likeness (QED) is 0.481. The minimum absolute atomic E-state index is 0.148. The molecule has 0 spiro atoms. The monoisotopic (exact) mass is 189 g/mol. The van der Waals surface area contributed by atoms with E-state index >= 15 is 0 Å². The highest BCUT2D eigenvalue weighted by Gasteiger charge is 2.18. The molecule has 0 radical (unpaired) electrons. The van der Waals surface area contributed by atoms with Gasteiger partial charge in [0.15, 0.2) is 5.96 Å². The molecule has 0 saturated carbocycles. The molecule has 3 heteroatoms. The van der Waals surface area contributed by atoms with Crippen LogP contribution in [-0.2, 0) is 6.42 Å². The van der Waals surface area contributed by atoms with Gasteiger partial charge in [-0.1, -0.05) is 17.7 Å². The van der Waals surface area contributed by atoms with E-state index in [0.717, 1.165) is 25.1 Å². The molecule has 0 atom stereocenters. The van der Waals surface area contributed by atoms with Crippen LogP contribution in [0.5, 0.6) is 0 Å². The number of guanidine groups is 1. The Hall–Kier alpha value is -1.51. The number of nitrogens with two attached hydrogens (primary N) is 1. The Labute approximate surface area is 84.0 Å². The van der Waals surface area contributed by atoms with Crippen molar-refractivity contribution in [1.82, 2.24) is 0 Å². The molecule has 1 aromatic carbocycles. The summed E-state index contributed by atoms with van der Waals surface area (Å²) in [7, 11) is 0. The van der Waals surface area contributed by atoms with Crippen LogP contribution in [-0.4, -0.2) is 12.5 Å². The van der Waals surface area contributed by atoms with E-state index in [9.17, 15) is 0 Å². The lowest BCUT2D eigenvalue weighted by atomic mass is 10.00. The fourth-order valence-electron chi connectivity index (χ4n) is 1.98. The van der Waals surface area contributed by atoms with E-state index in [4.69, 9.17) is 11.1 Å². The molecule has 3 N–H and O–H groups in total. The molecule has 1 aliphatic heterocycles. The van der Waals surface area contributed by atoms with Crippen molar-refractivity contribution < 1.29 is 0 Å². The molecule has 14 heavy (non-hydrogen) atoms. The summed E-state index contributed by atoms with van der Waals surface area (Å²) in [4.78, 5) is 1.87. The summed E-state index contributed by atoms with van der Waals surface area (Å²) in [5, 5.41) is 7.48. The summed E-state index contributed by atoms with van der Waals surface area (Å²) in [6.07, 6.45) is 2.18. The molecular formula is C11H15N3. The Kier molecular flexibility index (Phi) is 2.15. The van der Waals surface area contributed by atoms with Crippen LogP contribution in [0, 0.1) is 12.3 Å². The van der Waals surface area contributed by atoms with Crippen LogP contribution in [0.1, 0.15) is 17.5 Å². The van der Waals surface area contributed by atoms with Crippen LogP contribution in [0.25, 0.3) is 0 Å². The van der Waals surface area contributed by atoms with Gasteiger partial charge in [-0.15, -0.1) is 0 Å². The zero-order valence-electron chi connectivity index (χ0n) is 8.38. The van der Waals surface area contributed by atoms with Crippen LogP contribution >= 0.6 is 0 Å². The summed E-state index contributed by atoms with van der Waals surface area (Å²) in [5.74, 6) is 0.148. The van der Waals surface area contributed by atoms with Crippen molar-refractivity contribution in [3.63, 3.8) is 0 Å². The van der Waals surface area contributed by atoms with Crippen molar-refractivity contribution >= 4 is 11.6 Å². The SMILES string of the molecule is Cc1ccc2c(c1)CCCN2C(=N)N. The Morgan fingerprint density at radius 1 is 1.50 bits per heavy atom. The maximum atomic E-state index is 7.48. The van der Waals surface area contributed by atoms with Gasteiger partial charge < -0.3 is 10.6 Å². The number of nitrogens with one attached hydrogen (secondary N) is 1. The summed E-state index contributed by atoms with van der Waals surface area (Å²) < 4.78 is 0. The Bertz CT molecular complexity index is 371. The number of aryl methyl sites for hydroxylation is 2. The smallest absolute Gasteiger partial charge is 0.192 e. The molecule has 0 fully saturated rings. The van der Waals surface area contributed by atoms with Crippen molar-refractivity contribution in [1.29, 1.82) is 5.41 Å². The maximum absolute atomic E-state index is 7.48. The second kappa shape index (κ2) is 3.33. The fourth-order valence-corrected chi connectivity index (χ4v) is 1.98. The largest absolute Gasteiger partial charge is 0.370 e. The normalized spacial score (nSPS) is 15.1. The van der Waals surface area contributed by atoms with E-state index in [1.807, 2.05) is 4.90 Å². The zero-order chi connectivity index (χ0) is 10.1. The molecule has 1 aromatic rings. The lowest BCUT2D eigenvalue weighted by Crippen LogP contribution is -2.39. The first-order chi connectivity index (χ1) is 6.68. The number of benzene rings is 1. The maximum Gasteiger partial charge on any atom is 0.192 e. The third kappa shape index (κ3) is 1.45. The number of nitrogens with zero attached hydrogens (tertiary/aromatic N) is 1. The van der Waals surface area contributed by atoms with Gasteiger partial charge in [0, 0.05) is 12.2 Å². The van der Waals surface area contributed by atoms with Gasteiger partial charge in [-0.2, -0.15) is 0 Å². The molecule has 0 aliphatic carbocycles. The van der Waals surface area contributed by atoms with Crippen molar-refractivity contribution in [2.75, 3.05) is 11.4 Å². The van der Waals surface area contributed by atoms with Crippen LogP contribution in [0.15, 0.2) is 18.2 Å². The molecule has 0 aromatic heterocycles. The van der Waals surface area contributed by atoms with E-state index in [1.165, 1.54) is 11.1 Å². The number of anilines is 1. The minimum atomic E-state index is 0.148. The molecule has 1 aliphatic rings. The predicted octanol–water partition coefficient (Wildman–Crippen LogP) is 1.64. The second-order valence-electron chi connectivity index (χ2n) is 3.77. The van der Waals surface area contributed by atoms with Gasteiger partial charge in [-0.05, 0) is 31.4 Å². The zero-order valence-corrected chi connectivity index (χ0v) is 8.38. The molecule has 0 saturated heterocycles. The highest BCUT2D eigenvalue weighted by Crippen LogP contribution is 2.27. The summed E-state index contributed by atoms with van der Waals surface area (Å²) in [5.41, 5.74) is 9.22. The third-order valence-electron chi connectivity index (χ3n) is 2.64. The predicted molar refractivity (Wildman–Crippen MR) is 58.8 cm³/mol. The molecule has 0 unspecified atom stereocenters. The van der Waals surface area contributed by atoms with Crippen molar-refractivity contribution in [3.8, 4) is 0 Å². The number of fused-ring (bicyclic) bond motifs is 1. The molecular weight excluding hydrogens is 174 g/mol. The standard InChI is InChI=1S/C11H15N3/c1-8-4-5-10-9(7-8)3-2-6-14(10)11(12)13/h4-5,7H,2-3,6H2,1H3,(H3,12,13). The Morgan fingerprint density at radius 3 is 3.00 bits per heavy atom. The van der Waals surface area contributed by atoms with Crippen LogP contribution in [0.2, 0.25) is 0 Å². The first-order valence-electron chi connectivity index (χ1n) is 4.89. The lowest BCUT2D eigenvalue weighted by Gasteiger charge is -2.29. The molecule has 0 bridgehead atoms. The van der Waals surface area contributed by atoms with E-state index in [0.29, 0.717) is 0 Å². The number of rotatable bonds is 0. The van der Waals surface area contributed by atoms with Gasteiger partial charge >= 0.3 is 0 Å². The fraction of sp³-hybridized carbons (Fsp3) is 0.364. The van der Waals surface area contributed by atoms with Crippen molar-refractivity contribution in [2.45, 2.75) is 19.8 Å². The van der Waals surface area contributed by atoms with E-state index < -0.39 is 0 Å². The highest BCUT2D eigenvalue weighted by atomic mass is 15.2. The molecule has 0 amide bonds. The number of hydrogen-bond acceptors (Lipinski definition) is 1. The van der Waals surface area contributed by atoms with E-state index in [2.05, 4.69) is 25.1 Å². The summed E-state index contributed by atoms with van der Waals surface area (Å²) in [6, 6.07) is 6.32. The minimum Gasteiger partial charge on any atom is -0.370 e. The second-order valence-corrected chi connectivity index (χ2v) is 3.77. The van der Waals surface area contributed by atoms with Gasteiger partial charge in [-0.3, -0.25) is 5.41 Å². The molecule has 3 nitrogen and oxygen atoms in total. The molecule has 1 heterocycles. The van der Waals surface area contributed by atoms with Crippen LogP contribution in [0.4, 0.5) is 5.69 Å². The van der Waals surface area contributed by atoms with Crippen molar-refractivity contribution in [2.24, 2.45) is 5.73 Å². The van der Waals surface area contributed by atoms with Gasteiger partial charge in [-0.25, -0.2) is 0 Å². The van der Waals surface area contributed by atoms with Gasteiger partial charge in [0.05, 0.1) is 0 Å². The topological polar surface area (TPSA) is 53.1 Å². The Balaban J connectivity index is 2.44. The van der Waals surface area contributed by atoms with Crippen molar-refractivity contribution in [3.05, 3.63) is 29.3 Å². The average molecular weight is 189 g/mol. The van der Waals surface area contributed by atoms with Gasteiger partial charge in [0.25, 0.3) is 0 Å². The summed E-state index contributed by atoms with van der Waals surface area (Å²) in [6.45, 7) is 2.96. The highest BCUT2D eigenvalue weighted by molar-refractivity contribution is 5.93. The lowest BCUT2D eigenvalue weighted by molar-refractivity contribution is 0.772. The van der Waals surface area contributed by atoms with Gasteiger partial charge in [0.2, 0.25) is 0 Å². The van der Waals surface area contributed by atoms with E-state index in [1.54, 1.807) is 0 Å². The van der Waals surface area contributed by atoms with Gasteiger partial charge in [0.1, 0.15) is 0 Å². The summed E-state index contributed by atoms with van der Waals surface area (Å²) >= 11 is 0. The molecule has 74 valence electrons. The Morgan fingerprint density at radius 2 is 2.29 bits per heavy atom. The molecule has 2 rings (SSSR count). The van der Waals surface area contributed by atoms with E-state index in [-0.39, 0.29) is 5.96 Å². The first kappa shape index (κ1) is 9.06. The number of hydrogen-bond donors (Lipinski definition) is 2. The average Bonchev–Trinajstić information content (AvgIpc) is 2.16. The third-order valence-corrected chi connectivity index (χ3v) is 2.64. The van der Waals surface area contributed by atoms with Crippen LogP contribution in [0.3, 0.4) is 0 Å².